The van der Waals surface area contributed by atoms with Crippen LogP contribution in [0.5, 0.6) is 0 Å². The first-order valence-electron chi connectivity index (χ1n) is 6.74. The second-order valence-electron chi connectivity index (χ2n) is 4.35. The van der Waals surface area contributed by atoms with Crippen molar-refractivity contribution in [3.05, 3.63) is 41.7 Å². The van der Waals surface area contributed by atoms with E-state index in [1.54, 1.807) is 29.9 Å². The molecule has 0 saturated carbocycles. The second-order valence-corrected chi connectivity index (χ2v) is 4.35. The van der Waals surface area contributed by atoms with Crippen LogP contribution in [-0.4, -0.2) is 39.3 Å². The molecule has 0 bridgehead atoms. The maximum Gasteiger partial charge on any atom is 0.338 e. The zero-order valence-electron chi connectivity index (χ0n) is 11.8. The van der Waals surface area contributed by atoms with Gasteiger partial charge in [0.2, 0.25) is 0 Å². The fourth-order valence-corrected chi connectivity index (χ4v) is 1.76. The van der Waals surface area contributed by atoms with Crippen molar-refractivity contribution >= 4 is 11.7 Å². The Labute approximate surface area is 122 Å². The van der Waals surface area contributed by atoms with Gasteiger partial charge in [0.05, 0.1) is 38.1 Å². The third kappa shape index (κ3) is 4.28. The SMILES string of the molecule is CCOC(=O)c1ccc(NCc2cn(CCO)nn2)cc1. The number of hydrogen-bond donors (Lipinski definition) is 2. The zero-order chi connectivity index (χ0) is 15.1. The lowest BCUT2D eigenvalue weighted by Gasteiger charge is -2.05. The van der Waals surface area contributed by atoms with E-state index in [0.717, 1.165) is 11.4 Å². The molecule has 0 aliphatic rings. The molecule has 0 aliphatic carbocycles. The highest BCUT2D eigenvalue weighted by Crippen LogP contribution is 2.11. The highest BCUT2D eigenvalue weighted by atomic mass is 16.5. The number of aliphatic hydroxyl groups is 1. The summed E-state index contributed by atoms with van der Waals surface area (Å²) in [4.78, 5) is 11.5. The molecular weight excluding hydrogens is 272 g/mol. The molecule has 2 N–H and O–H groups in total. The molecule has 0 fully saturated rings. The normalized spacial score (nSPS) is 10.4. The van der Waals surface area contributed by atoms with E-state index in [0.29, 0.717) is 25.3 Å². The molecule has 0 radical (unpaired) electrons. The molecule has 0 saturated heterocycles. The molecule has 7 heteroatoms. The van der Waals surface area contributed by atoms with Gasteiger partial charge in [0.15, 0.2) is 0 Å². The van der Waals surface area contributed by atoms with E-state index >= 15 is 0 Å². The summed E-state index contributed by atoms with van der Waals surface area (Å²) in [5, 5.41) is 19.9. The van der Waals surface area contributed by atoms with Gasteiger partial charge in [-0.05, 0) is 31.2 Å². The monoisotopic (exact) mass is 290 g/mol. The maximum atomic E-state index is 11.5. The Morgan fingerprint density at radius 1 is 1.38 bits per heavy atom. The third-order valence-corrected chi connectivity index (χ3v) is 2.78. The summed E-state index contributed by atoms with van der Waals surface area (Å²) in [5.41, 5.74) is 2.17. The quantitative estimate of drug-likeness (QED) is 0.741. The first-order chi connectivity index (χ1) is 10.2. The number of hydrogen-bond acceptors (Lipinski definition) is 6. The number of esters is 1. The molecule has 0 amide bonds. The van der Waals surface area contributed by atoms with Gasteiger partial charge in [-0.3, -0.25) is 0 Å². The van der Waals surface area contributed by atoms with Crippen molar-refractivity contribution in [1.82, 2.24) is 15.0 Å². The minimum absolute atomic E-state index is 0.0333. The van der Waals surface area contributed by atoms with Crippen molar-refractivity contribution in [2.45, 2.75) is 20.0 Å². The van der Waals surface area contributed by atoms with Crippen LogP contribution in [0.15, 0.2) is 30.5 Å². The number of nitrogens with one attached hydrogen (secondary N) is 1. The highest BCUT2D eigenvalue weighted by Gasteiger charge is 2.06. The highest BCUT2D eigenvalue weighted by molar-refractivity contribution is 5.89. The van der Waals surface area contributed by atoms with Gasteiger partial charge >= 0.3 is 5.97 Å². The molecule has 0 spiro atoms. The van der Waals surface area contributed by atoms with Gasteiger partial charge < -0.3 is 15.2 Å². The van der Waals surface area contributed by atoms with Crippen LogP contribution in [0.4, 0.5) is 5.69 Å². The van der Waals surface area contributed by atoms with Crippen LogP contribution in [0, 0.1) is 0 Å². The molecule has 0 aliphatic heterocycles. The number of aliphatic hydroxyl groups excluding tert-OH is 1. The van der Waals surface area contributed by atoms with E-state index in [1.165, 1.54) is 0 Å². The minimum Gasteiger partial charge on any atom is -0.462 e. The van der Waals surface area contributed by atoms with E-state index in [9.17, 15) is 4.79 Å². The van der Waals surface area contributed by atoms with Crippen molar-refractivity contribution in [2.24, 2.45) is 0 Å². The van der Waals surface area contributed by atoms with Crippen LogP contribution in [0.1, 0.15) is 23.0 Å². The van der Waals surface area contributed by atoms with Crippen LogP contribution in [0.25, 0.3) is 0 Å². The smallest absolute Gasteiger partial charge is 0.338 e. The number of carbonyl (C=O) groups is 1. The Bertz CT molecular complexity index is 580. The van der Waals surface area contributed by atoms with E-state index in [4.69, 9.17) is 9.84 Å². The van der Waals surface area contributed by atoms with Crippen LogP contribution in [0.3, 0.4) is 0 Å². The summed E-state index contributed by atoms with van der Waals surface area (Å²) < 4.78 is 6.51. The molecule has 1 heterocycles. The number of ether oxygens (including phenoxy) is 1. The van der Waals surface area contributed by atoms with E-state index in [2.05, 4.69) is 15.6 Å². The number of aromatic nitrogens is 3. The molecule has 112 valence electrons. The van der Waals surface area contributed by atoms with Crippen LogP contribution in [-0.2, 0) is 17.8 Å². The van der Waals surface area contributed by atoms with Crippen LogP contribution < -0.4 is 5.32 Å². The minimum atomic E-state index is -0.323. The number of rotatable bonds is 7. The number of nitrogens with zero attached hydrogens (tertiary/aromatic N) is 3. The van der Waals surface area contributed by atoms with Crippen molar-refractivity contribution in [3.63, 3.8) is 0 Å². The number of carbonyl (C=O) groups excluding carboxylic acids is 1. The molecule has 1 aromatic carbocycles. The average molecular weight is 290 g/mol. The van der Waals surface area contributed by atoms with Gasteiger partial charge in [-0.2, -0.15) is 0 Å². The molecule has 0 atom stereocenters. The Hall–Kier alpha value is -2.41. The lowest BCUT2D eigenvalue weighted by Crippen LogP contribution is -2.05. The third-order valence-electron chi connectivity index (χ3n) is 2.78. The summed E-state index contributed by atoms with van der Waals surface area (Å²) in [6.45, 7) is 3.12. The van der Waals surface area contributed by atoms with E-state index in [-0.39, 0.29) is 12.6 Å². The topological polar surface area (TPSA) is 89.3 Å². The summed E-state index contributed by atoms with van der Waals surface area (Å²) in [6, 6.07) is 7.04. The van der Waals surface area contributed by atoms with Crippen LogP contribution >= 0.6 is 0 Å². The van der Waals surface area contributed by atoms with Gasteiger partial charge in [-0.25, -0.2) is 9.48 Å². The Balaban J connectivity index is 1.89. The standard InChI is InChI=1S/C14H18N4O3/c1-2-21-14(20)11-3-5-12(6-4-11)15-9-13-10-18(7-8-19)17-16-13/h3-6,10,15,19H,2,7-9H2,1H3. The maximum absolute atomic E-state index is 11.5. The Morgan fingerprint density at radius 3 is 2.81 bits per heavy atom. The number of benzene rings is 1. The summed E-state index contributed by atoms with van der Waals surface area (Å²) in [7, 11) is 0. The van der Waals surface area contributed by atoms with Crippen molar-refractivity contribution in [1.29, 1.82) is 0 Å². The average Bonchev–Trinajstić information content (AvgIpc) is 2.94. The summed E-state index contributed by atoms with van der Waals surface area (Å²) in [6.07, 6.45) is 1.77. The predicted molar refractivity (Wildman–Crippen MR) is 76.8 cm³/mol. The van der Waals surface area contributed by atoms with Crippen LogP contribution in [0.2, 0.25) is 0 Å². The van der Waals surface area contributed by atoms with E-state index in [1.807, 2.05) is 12.1 Å². The largest absolute Gasteiger partial charge is 0.462 e. The van der Waals surface area contributed by atoms with Gasteiger partial charge in [0.1, 0.15) is 5.69 Å². The van der Waals surface area contributed by atoms with Crippen molar-refractivity contribution in [2.75, 3.05) is 18.5 Å². The van der Waals surface area contributed by atoms with Gasteiger partial charge in [0, 0.05) is 5.69 Å². The molecule has 7 nitrogen and oxygen atoms in total. The first-order valence-corrected chi connectivity index (χ1v) is 6.74. The second kappa shape index (κ2) is 7.39. The van der Waals surface area contributed by atoms with Crippen molar-refractivity contribution < 1.29 is 14.6 Å². The molecule has 2 rings (SSSR count). The molecular formula is C14H18N4O3. The number of anilines is 1. The Morgan fingerprint density at radius 2 is 2.14 bits per heavy atom. The fourth-order valence-electron chi connectivity index (χ4n) is 1.76. The molecule has 21 heavy (non-hydrogen) atoms. The molecule has 1 aromatic heterocycles. The fraction of sp³-hybridized carbons (Fsp3) is 0.357. The summed E-state index contributed by atoms with van der Waals surface area (Å²) >= 11 is 0. The van der Waals surface area contributed by atoms with Gasteiger partial charge in [-0.1, -0.05) is 5.21 Å². The van der Waals surface area contributed by atoms with Crippen molar-refractivity contribution in [3.8, 4) is 0 Å². The molecule has 2 aromatic rings. The van der Waals surface area contributed by atoms with E-state index < -0.39 is 0 Å². The van der Waals surface area contributed by atoms with Gasteiger partial charge in [0.25, 0.3) is 0 Å². The molecule has 0 unspecified atom stereocenters. The van der Waals surface area contributed by atoms with Gasteiger partial charge in [-0.15, -0.1) is 5.10 Å². The first kappa shape index (κ1) is 15.0. The zero-order valence-corrected chi connectivity index (χ0v) is 11.8. The summed E-state index contributed by atoms with van der Waals surface area (Å²) in [5.74, 6) is -0.323. The Kier molecular flexibility index (Phi) is 5.28. The lowest BCUT2D eigenvalue weighted by atomic mass is 10.2. The lowest BCUT2D eigenvalue weighted by molar-refractivity contribution is 0.0526. The predicted octanol–water partition coefficient (Wildman–Crippen LogP) is 1.06.